The summed E-state index contributed by atoms with van der Waals surface area (Å²) in [6, 6.07) is 11.5. The van der Waals surface area contributed by atoms with E-state index >= 15 is 0 Å². The van der Waals surface area contributed by atoms with E-state index in [4.69, 9.17) is 27.9 Å². The molecule has 0 saturated heterocycles. The Morgan fingerprint density at radius 2 is 1.70 bits per heavy atom. The molecule has 1 N–H and O–H groups in total. The molecule has 0 bridgehead atoms. The highest BCUT2D eigenvalue weighted by molar-refractivity contribution is 6.35. The van der Waals surface area contributed by atoms with Gasteiger partial charge >= 0.3 is 5.97 Å². The molecule has 0 atom stereocenters. The number of esters is 1. The lowest BCUT2D eigenvalue weighted by molar-refractivity contribution is -0.147. The number of ether oxygens (including phenoxy) is 1. The predicted molar refractivity (Wildman–Crippen MR) is 103 cm³/mol. The van der Waals surface area contributed by atoms with Gasteiger partial charge in [0.25, 0.3) is 11.8 Å². The van der Waals surface area contributed by atoms with Gasteiger partial charge in [0.05, 0.1) is 0 Å². The molecule has 3 rings (SSSR count). The maximum Gasteiger partial charge on any atom is 0.326 e. The third-order valence-electron chi connectivity index (χ3n) is 3.84. The molecule has 0 radical (unpaired) electrons. The largest absolute Gasteiger partial charge is 0.454 e. The Morgan fingerprint density at radius 3 is 2.33 bits per heavy atom. The van der Waals surface area contributed by atoms with E-state index in [1.165, 1.54) is 23.1 Å². The van der Waals surface area contributed by atoms with Crippen molar-refractivity contribution in [1.82, 2.24) is 4.90 Å². The minimum absolute atomic E-state index is 0.328. The van der Waals surface area contributed by atoms with Crippen molar-refractivity contribution in [2.45, 2.75) is 0 Å². The number of carbonyl (C=O) groups excluding carboxylic acids is 3. The molecule has 2 aromatic rings. The Bertz CT molecular complexity index is 903. The van der Waals surface area contributed by atoms with Crippen molar-refractivity contribution >= 4 is 52.4 Å². The topological polar surface area (TPSA) is 75.7 Å². The van der Waals surface area contributed by atoms with Gasteiger partial charge in [0.2, 0.25) is 0 Å². The fourth-order valence-electron chi connectivity index (χ4n) is 2.65. The maximum atomic E-state index is 12.3. The van der Waals surface area contributed by atoms with Crippen LogP contribution in [0.5, 0.6) is 0 Å². The lowest BCUT2D eigenvalue weighted by Crippen LogP contribution is -2.32. The van der Waals surface area contributed by atoms with Crippen LogP contribution in [0.2, 0.25) is 10.0 Å². The summed E-state index contributed by atoms with van der Waals surface area (Å²) < 4.78 is 4.94. The van der Waals surface area contributed by atoms with Crippen molar-refractivity contribution in [2.75, 3.05) is 18.5 Å². The molecule has 0 aromatic heterocycles. The normalized spacial score (nSPS) is 12.7. The zero-order valence-corrected chi connectivity index (χ0v) is 15.5. The zero-order valence-electron chi connectivity index (χ0n) is 14.0. The van der Waals surface area contributed by atoms with Crippen LogP contribution in [-0.4, -0.2) is 35.8 Å². The van der Waals surface area contributed by atoms with Crippen LogP contribution < -0.4 is 5.32 Å². The number of halogens is 2. The van der Waals surface area contributed by atoms with E-state index in [1.54, 1.807) is 24.3 Å². The van der Waals surface area contributed by atoms with Gasteiger partial charge in [-0.15, -0.1) is 0 Å². The van der Waals surface area contributed by atoms with Crippen molar-refractivity contribution in [2.24, 2.45) is 0 Å². The Hall–Kier alpha value is -2.83. The molecule has 0 spiro atoms. The number of rotatable bonds is 5. The molecule has 0 saturated carbocycles. The summed E-state index contributed by atoms with van der Waals surface area (Å²) in [4.78, 5) is 37.5. The smallest absolute Gasteiger partial charge is 0.326 e. The number of amides is 2. The van der Waals surface area contributed by atoms with Gasteiger partial charge in [-0.05, 0) is 24.3 Å². The molecule has 0 fully saturated rings. The summed E-state index contributed by atoms with van der Waals surface area (Å²) in [7, 11) is 0. The minimum Gasteiger partial charge on any atom is -0.454 e. The Kier molecular flexibility index (Phi) is 5.48. The minimum atomic E-state index is -0.725. The second-order valence-electron chi connectivity index (χ2n) is 5.75. The fraction of sp³-hybridized carbons (Fsp3) is 0.105. The third-order valence-corrected chi connectivity index (χ3v) is 4.27. The van der Waals surface area contributed by atoms with Gasteiger partial charge in [-0.1, -0.05) is 48.0 Å². The second-order valence-corrected chi connectivity index (χ2v) is 6.62. The first-order chi connectivity index (χ1) is 12.8. The van der Waals surface area contributed by atoms with Gasteiger partial charge in [-0.3, -0.25) is 19.3 Å². The lowest BCUT2D eigenvalue weighted by atomic mass is 10.1. The number of benzene rings is 2. The number of carbonyl (C=O) groups is 3. The van der Waals surface area contributed by atoms with Crippen molar-refractivity contribution < 1.29 is 19.1 Å². The zero-order chi connectivity index (χ0) is 19.6. The van der Waals surface area contributed by atoms with Crippen LogP contribution in [-0.2, 0) is 14.3 Å². The van der Waals surface area contributed by atoms with Gasteiger partial charge < -0.3 is 10.1 Å². The molecule has 8 heteroatoms. The molecular weight excluding hydrogens is 391 g/mol. The highest BCUT2D eigenvalue weighted by atomic mass is 35.5. The summed E-state index contributed by atoms with van der Waals surface area (Å²) in [6.45, 7) is 3.00. The number of fused-ring (bicyclic) bond motifs is 1. The van der Waals surface area contributed by atoms with Crippen LogP contribution in [0.15, 0.2) is 49.0 Å². The first-order valence-corrected chi connectivity index (χ1v) is 8.62. The Morgan fingerprint density at radius 1 is 1.07 bits per heavy atom. The summed E-state index contributed by atoms with van der Waals surface area (Å²) >= 11 is 11.7. The first kappa shape index (κ1) is 18.9. The molecule has 1 aliphatic rings. The summed E-state index contributed by atoms with van der Waals surface area (Å²) in [6.07, 6.45) is 0. The van der Waals surface area contributed by atoms with E-state index in [2.05, 4.69) is 11.9 Å². The number of hydrogen-bond donors (Lipinski definition) is 1. The number of nitrogens with one attached hydrogen (secondary N) is 1. The highest BCUT2D eigenvalue weighted by Gasteiger charge is 2.32. The number of hydrogen-bond acceptors (Lipinski definition) is 4. The Labute approximate surface area is 165 Å². The highest BCUT2D eigenvalue weighted by Crippen LogP contribution is 2.30. The molecule has 27 heavy (non-hydrogen) atoms. The SMILES string of the molecule is C=C1c2ccccc2C(=O)N1CC(=O)OCC(=O)Nc1cc(Cl)cc(Cl)c1. The summed E-state index contributed by atoms with van der Waals surface area (Å²) in [5, 5.41) is 3.24. The number of nitrogens with zero attached hydrogens (tertiary/aromatic N) is 1. The van der Waals surface area contributed by atoms with Crippen molar-refractivity contribution in [1.29, 1.82) is 0 Å². The van der Waals surface area contributed by atoms with Crippen LogP contribution in [0.4, 0.5) is 5.69 Å². The predicted octanol–water partition coefficient (Wildman–Crippen LogP) is 3.60. The molecule has 1 aliphatic heterocycles. The lowest BCUT2D eigenvalue weighted by Gasteiger charge is -2.16. The van der Waals surface area contributed by atoms with E-state index in [0.717, 1.165) is 0 Å². The molecule has 6 nitrogen and oxygen atoms in total. The van der Waals surface area contributed by atoms with E-state index < -0.39 is 18.5 Å². The van der Waals surface area contributed by atoms with Gasteiger partial charge in [-0.2, -0.15) is 0 Å². The van der Waals surface area contributed by atoms with E-state index in [-0.39, 0.29) is 12.5 Å². The van der Waals surface area contributed by atoms with Crippen molar-refractivity contribution in [3.05, 3.63) is 70.2 Å². The van der Waals surface area contributed by atoms with E-state index in [9.17, 15) is 14.4 Å². The average Bonchev–Trinajstić information content (AvgIpc) is 2.84. The molecular formula is C19H14Cl2N2O4. The van der Waals surface area contributed by atoms with Gasteiger partial charge in [0.1, 0.15) is 6.54 Å². The first-order valence-electron chi connectivity index (χ1n) is 7.87. The maximum absolute atomic E-state index is 12.3. The standard InChI is InChI=1S/C19H14Cl2N2O4/c1-11-15-4-2-3-5-16(15)19(26)23(11)9-18(25)27-10-17(24)22-14-7-12(20)6-13(21)8-14/h2-8H,1,9-10H2,(H,22,24). The quantitative estimate of drug-likeness (QED) is 0.772. The van der Waals surface area contributed by atoms with E-state index in [0.29, 0.717) is 32.6 Å². The van der Waals surface area contributed by atoms with E-state index in [1.807, 2.05) is 0 Å². The van der Waals surface area contributed by atoms with Gasteiger partial charge in [0, 0.05) is 32.6 Å². The molecule has 0 unspecified atom stereocenters. The molecule has 2 amide bonds. The van der Waals surface area contributed by atoms with Crippen LogP contribution in [0.25, 0.3) is 5.70 Å². The van der Waals surface area contributed by atoms with Crippen LogP contribution >= 0.6 is 23.2 Å². The number of anilines is 1. The van der Waals surface area contributed by atoms with Gasteiger partial charge in [-0.25, -0.2) is 0 Å². The molecule has 2 aromatic carbocycles. The van der Waals surface area contributed by atoms with Crippen molar-refractivity contribution in [3.63, 3.8) is 0 Å². The van der Waals surface area contributed by atoms with Gasteiger partial charge in [0.15, 0.2) is 6.61 Å². The summed E-state index contributed by atoms with van der Waals surface area (Å²) in [5.74, 6) is -1.61. The molecule has 0 aliphatic carbocycles. The van der Waals surface area contributed by atoms with Crippen LogP contribution in [0.1, 0.15) is 15.9 Å². The Balaban J connectivity index is 1.54. The van der Waals surface area contributed by atoms with Crippen LogP contribution in [0, 0.1) is 0 Å². The molecule has 1 heterocycles. The summed E-state index contributed by atoms with van der Waals surface area (Å²) in [5.41, 5.74) is 1.95. The van der Waals surface area contributed by atoms with Crippen LogP contribution in [0.3, 0.4) is 0 Å². The second kappa shape index (κ2) is 7.82. The fourth-order valence-corrected chi connectivity index (χ4v) is 3.17. The third kappa shape index (κ3) is 4.30. The van der Waals surface area contributed by atoms with Crippen molar-refractivity contribution in [3.8, 4) is 0 Å². The molecule has 138 valence electrons. The monoisotopic (exact) mass is 404 g/mol. The average molecular weight is 405 g/mol.